The van der Waals surface area contributed by atoms with Gasteiger partial charge in [0, 0.05) is 35.7 Å². The first-order valence-corrected chi connectivity index (χ1v) is 10.7. The van der Waals surface area contributed by atoms with E-state index in [0.29, 0.717) is 31.2 Å². The fourth-order valence-electron chi connectivity index (χ4n) is 3.33. The third-order valence-corrected chi connectivity index (χ3v) is 5.04. The highest BCUT2D eigenvalue weighted by Crippen LogP contribution is 2.26. The molecular formula is C25H27N5O2. The van der Waals surface area contributed by atoms with Crippen LogP contribution in [-0.4, -0.2) is 32.3 Å². The first-order chi connectivity index (χ1) is 15.4. The van der Waals surface area contributed by atoms with Crippen LogP contribution in [0.25, 0.3) is 16.7 Å². The number of anilines is 1. The maximum absolute atomic E-state index is 12.6. The van der Waals surface area contributed by atoms with Crippen molar-refractivity contribution in [1.82, 2.24) is 19.7 Å². The second-order valence-electron chi connectivity index (χ2n) is 8.60. The first kappa shape index (κ1) is 21.5. The smallest absolute Gasteiger partial charge is 0.252 e. The molecule has 0 aliphatic carbocycles. The van der Waals surface area contributed by atoms with Crippen LogP contribution in [0.4, 0.5) is 5.82 Å². The number of fused-ring (bicyclic) bond motifs is 1. The molecular weight excluding hydrogens is 402 g/mol. The van der Waals surface area contributed by atoms with Gasteiger partial charge in [0.1, 0.15) is 11.6 Å². The summed E-state index contributed by atoms with van der Waals surface area (Å²) in [4.78, 5) is 21.2. The largest absolute Gasteiger partial charge is 0.493 e. The summed E-state index contributed by atoms with van der Waals surface area (Å²) in [6.45, 7) is 6.67. The van der Waals surface area contributed by atoms with Gasteiger partial charge in [0.05, 0.1) is 12.3 Å². The van der Waals surface area contributed by atoms with E-state index in [1.807, 2.05) is 36.4 Å². The van der Waals surface area contributed by atoms with Gasteiger partial charge in [0.25, 0.3) is 5.95 Å². The van der Waals surface area contributed by atoms with Crippen LogP contribution in [0.3, 0.4) is 0 Å². The van der Waals surface area contributed by atoms with Gasteiger partial charge in [0.2, 0.25) is 5.91 Å². The summed E-state index contributed by atoms with van der Waals surface area (Å²) >= 11 is 0. The lowest BCUT2D eigenvalue weighted by Gasteiger charge is -2.13. The Hall–Kier alpha value is -3.74. The molecule has 1 N–H and O–H groups in total. The van der Waals surface area contributed by atoms with Crippen LogP contribution in [-0.2, 0) is 10.2 Å². The van der Waals surface area contributed by atoms with Crippen molar-refractivity contribution in [2.24, 2.45) is 0 Å². The van der Waals surface area contributed by atoms with Crippen molar-refractivity contribution in [3.8, 4) is 11.7 Å². The number of carbonyl (C=O) groups excluding carboxylic acids is 1. The van der Waals surface area contributed by atoms with Crippen LogP contribution in [0.5, 0.6) is 5.75 Å². The second-order valence-corrected chi connectivity index (χ2v) is 8.60. The summed E-state index contributed by atoms with van der Waals surface area (Å²) in [7, 11) is 0. The molecule has 0 aliphatic rings. The molecule has 164 valence electrons. The minimum atomic E-state index is -0.175. The first-order valence-electron chi connectivity index (χ1n) is 10.7. The lowest BCUT2D eigenvalue weighted by atomic mass is 9.92. The van der Waals surface area contributed by atoms with E-state index in [9.17, 15) is 4.79 Å². The molecule has 2 aromatic heterocycles. The van der Waals surface area contributed by atoms with Gasteiger partial charge < -0.3 is 10.1 Å². The Labute approximate surface area is 187 Å². The Bertz CT molecular complexity index is 1210. The number of nitrogens with zero attached hydrogens (tertiary/aromatic N) is 4. The van der Waals surface area contributed by atoms with Gasteiger partial charge in [-0.25, -0.2) is 9.97 Å². The molecule has 2 aromatic carbocycles. The Morgan fingerprint density at radius 3 is 2.56 bits per heavy atom. The van der Waals surface area contributed by atoms with E-state index in [2.05, 4.69) is 53.3 Å². The number of hydrogen-bond acceptors (Lipinski definition) is 5. The number of ether oxygens (including phenoxy) is 1. The number of aromatic nitrogens is 4. The molecule has 7 heteroatoms. The third kappa shape index (κ3) is 4.94. The Morgan fingerprint density at radius 1 is 1.03 bits per heavy atom. The van der Waals surface area contributed by atoms with Crippen LogP contribution in [0.1, 0.15) is 39.3 Å². The monoisotopic (exact) mass is 429 g/mol. The fourth-order valence-corrected chi connectivity index (χ4v) is 3.33. The van der Waals surface area contributed by atoms with E-state index in [4.69, 9.17) is 4.74 Å². The van der Waals surface area contributed by atoms with Crippen LogP contribution in [0.2, 0.25) is 0 Å². The summed E-state index contributed by atoms with van der Waals surface area (Å²) < 4.78 is 7.52. The molecule has 0 fully saturated rings. The lowest BCUT2D eigenvalue weighted by molar-refractivity contribution is -0.116. The topological polar surface area (TPSA) is 81.9 Å². The Morgan fingerprint density at radius 2 is 1.78 bits per heavy atom. The van der Waals surface area contributed by atoms with Gasteiger partial charge in [-0.3, -0.25) is 4.79 Å². The SMILES string of the molecule is CC(C)(C)c1cc(NC(=O)CCCOc2cccc3ccccc23)n(-c2ncccn2)n1. The molecule has 1 amide bonds. The highest BCUT2D eigenvalue weighted by atomic mass is 16.5. The van der Waals surface area contributed by atoms with Gasteiger partial charge in [0.15, 0.2) is 0 Å². The molecule has 0 bridgehead atoms. The van der Waals surface area contributed by atoms with Gasteiger partial charge >= 0.3 is 0 Å². The van der Waals surface area contributed by atoms with Gasteiger partial charge in [-0.1, -0.05) is 57.2 Å². The molecule has 0 saturated carbocycles. The number of amides is 1. The molecule has 32 heavy (non-hydrogen) atoms. The van der Waals surface area contributed by atoms with Crippen molar-refractivity contribution in [3.63, 3.8) is 0 Å². The van der Waals surface area contributed by atoms with Crippen LogP contribution in [0.15, 0.2) is 67.0 Å². The number of rotatable bonds is 7. The summed E-state index contributed by atoms with van der Waals surface area (Å²) in [5.74, 6) is 1.69. The minimum Gasteiger partial charge on any atom is -0.493 e. The van der Waals surface area contributed by atoms with E-state index in [0.717, 1.165) is 22.2 Å². The summed E-state index contributed by atoms with van der Waals surface area (Å²) in [5.41, 5.74) is 0.672. The van der Waals surface area contributed by atoms with Gasteiger partial charge in [-0.2, -0.15) is 9.78 Å². The average Bonchev–Trinajstić information content (AvgIpc) is 3.22. The quantitative estimate of drug-likeness (QED) is 0.422. The van der Waals surface area contributed by atoms with Crippen molar-refractivity contribution in [2.45, 2.75) is 39.0 Å². The predicted molar refractivity (Wildman–Crippen MR) is 125 cm³/mol. The van der Waals surface area contributed by atoms with Crippen LogP contribution < -0.4 is 10.1 Å². The third-order valence-electron chi connectivity index (χ3n) is 5.04. The number of nitrogens with one attached hydrogen (secondary N) is 1. The van der Waals surface area contributed by atoms with Crippen molar-refractivity contribution >= 4 is 22.5 Å². The highest BCUT2D eigenvalue weighted by molar-refractivity contribution is 5.90. The number of benzene rings is 2. The molecule has 0 radical (unpaired) electrons. The molecule has 2 heterocycles. The van der Waals surface area contributed by atoms with Crippen LogP contribution >= 0.6 is 0 Å². The highest BCUT2D eigenvalue weighted by Gasteiger charge is 2.22. The molecule has 0 spiro atoms. The number of hydrogen-bond donors (Lipinski definition) is 1. The summed E-state index contributed by atoms with van der Waals surface area (Å²) in [6, 6.07) is 17.7. The molecule has 0 unspecified atom stereocenters. The maximum atomic E-state index is 12.6. The van der Waals surface area contributed by atoms with Gasteiger partial charge in [-0.05, 0) is 23.9 Å². The predicted octanol–water partition coefficient (Wildman–Crippen LogP) is 4.91. The Kier molecular flexibility index (Phi) is 6.16. The molecule has 4 aromatic rings. The van der Waals surface area contributed by atoms with E-state index in [1.54, 1.807) is 23.1 Å². The van der Waals surface area contributed by atoms with E-state index >= 15 is 0 Å². The molecule has 0 saturated heterocycles. The fraction of sp³-hybridized carbons (Fsp3) is 0.280. The average molecular weight is 430 g/mol. The van der Waals surface area contributed by atoms with E-state index < -0.39 is 0 Å². The Balaban J connectivity index is 1.39. The van der Waals surface area contributed by atoms with Crippen LogP contribution in [0, 0.1) is 0 Å². The normalized spacial score (nSPS) is 11.5. The molecule has 0 atom stereocenters. The molecule has 4 rings (SSSR count). The number of carbonyl (C=O) groups is 1. The zero-order chi connectivity index (χ0) is 22.6. The van der Waals surface area contributed by atoms with E-state index in [-0.39, 0.29) is 11.3 Å². The van der Waals surface area contributed by atoms with Gasteiger partial charge in [-0.15, -0.1) is 0 Å². The maximum Gasteiger partial charge on any atom is 0.252 e. The van der Waals surface area contributed by atoms with Crippen molar-refractivity contribution in [1.29, 1.82) is 0 Å². The summed E-state index contributed by atoms with van der Waals surface area (Å²) in [5, 5.41) is 9.78. The summed E-state index contributed by atoms with van der Waals surface area (Å²) in [6.07, 6.45) is 4.22. The van der Waals surface area contributed by atoms with Crippen molar-refractivity contribution < 1.29 is 9.53 Å². The second kappa shape index (κ2) is 9.18. The zero-order valence-corrected chi connectivity index (χ0v) is 18.6. The lowest BCUT2D eigenvalue weighted by Crippen LogP contribution is -2.16. The molecule has 7 nitrogen and oxygen atoms in total. The zero-order valence-electron chi connectivity index (χ0n) is 18.6. The minimum absolute atomic E-state index is 0.107. The molecule has 0 aliphatic heterocycles. The van der Waals surface area contributed by atoms with Crippen molar-refractivity contribution in [3.05, 3.63) is 72.7 Å². The van der Waals surface area contributed by atoms with E-state index in [1.165, 1.54) is 0 Å². The van der Waals surface area contributed by atoms with Crippen molar-refractivity contribution in [2.75, 3.05) is 11.9 Å². The standard InChI is InChI=1S/C25H27N5O2/c1-25(2,3)21-17-22(30(29-21)24-26-14-8-15-27-24)28-23(31)13-7-16-32-20-12-6-10-18-9-4-5-11-19(18)20/h4-6,8-12,14-15,17H,7,13,16H2,1-3H3,(H,28,31).